The predicted octanol–water partition coefficient (Wildman–Crippen LogP) is 3.95. The van der Waals surface area contributed by atoms with Gasteiger partial charge >= 0.3 is 6.18 Å². The molecule has 1 aromatic heterocycles. The van der Waals surface area contributed by atoms with E-state index in [9.17, 15) is 22.4 Å². The van der Waals surface area contributed by atoms with Gasteiger partial charge in [-0.1, -0.05) is 17.7 Å². The predicted molar refractivity (Wildman–Crippen MR) is 98.5 cm³/mol. The van der Waals surface area contributed by atoms with Crippen molar-refractivity contribution in [1.29, 1.82) is 0 Å². The number of rotatable bonds is 3. The number of carbonyl (C=O) groups is 1. The van der Waals surface area contributed by atoms with Crippen LogP contribution in [0.1, 0.15) is 21.7 Å². The second kappa shape index (κ2) is 8.00. The van der Waals surface area contributed by atoms with E-state index in [4.69, 9.17) is 11.6 Å². The van der Waals surface area contributed by atoms with Gasteiger partial charge in [0.25, 0.3) is 5.91 Å². The number of aromatic nitrogens is 2. The van der Waals surface area contributed by atoms with Crippen LogP contribution in [0.4, 0.5) is 17.6 Å². The van der Waals surface area contributed by atoms with Gasteiger partial charge in [-0.25, -0.2) is 4.39 Å². The molecule has 0 bridgehead atoms. The van der Waals surface area contributed by atoms with Crippen molar-refractivity contribution in [2.75, 3.05) is 26.2 Å². The van der Waals surface area contributed by atoms with E-state index in [0.29, 0.717) is 37.7 Å². The lowest BCUT2D eigenvalue weighted by Crippen LogP contribution is -2.48. The second-order valence-electron chi connectivity index (χ2n) is 6.44. The molecular weight excluding hydrogens is 468 g/mol. The van der Waals surface area contributed by atoms with Gasteiger partial charge in [0.1, 0.15) is 11.5 Å². The summed E-state index contributed by atoms with van der Waals surface area (Å²) in [6, 6.07) is 4.19. The lowest BCUT2D eigenvalue weighted by Gasteiger charge is -2.34. The lowest BCUT2D eigenvalue weighted by molar-refractivity contribution is -0.142. The molecule has 11 heteroatoms. The molecular formula is C17H16BrClF4N4O. The fourth-order valence-electron chi connectivity index (χ4n) is 3.06. The van der Waals surface area contributed by atoms with Crippen LogP contribution < -0.4 is 0 Å². The maximum absolute atomic E-state index is 13.1. The van der Waals surface area contributed by atoms with Crippen molar-refractivity contribution < 1.29 is 22.4 Å². The van der Waals surface area contributed by atoms with Crippen LogP contribution in [0, 0.1) is 5.82 Å². The number of amides is 1. The van der Waals surface area contributed by atoms with E-state index in [1.807, 2.05) is 4.90 Å². The zero-order chi connectivity index (χ0) is 20.6. The SMILES string of the molecule is Cn1nc(C(F)(F)F)c(Br)c1C(=O)N1CCN(Cc2ccc(F)cc2Cl)CC1. The van der Waals surface area contributed by atoms with E-state index in [-0.39, 0.29) is 10.2 Å². The highest BCUT2D eigenvalue weighted by atomic mass is 79.9. The second-order valence-corrected chi connectivity index (χ2v) is 7.64. The van der Waals surface area contributed by atoms with Crippen molar-refractivity contribution in [3.63, 3.8) is 0 Å². The summed E-state index contributed by atoms with van der Waals surface area (Å²) >= 11 is 8.91. The minimum absolute atomic E-state index is 0.137. The molecule has 1 aliphatic heterocycles. The number of carbonyl (C=O) groups excluding carboxylic acids is 1. The first-order valence-electron chi connectivity index (χ1n) is 8.33. The molecule has 1 aromatic carbocycles. The van der Waals surface area contributed by atoms with E-state index < -0.39 is 23.6 Å². The van der Waals surface area contributed by atoms with Crippen LogP contribution in [0.3, 0.4) is 0 Å². The summed E-state index contributed by atoms with van der Waals surface area (Å²) in [4.78, 5) is 16.3. The zero-order valence-corrected chi connectivity index (χ0v) is 17.1. The Morgan fingerprint density at radius 3 is 2.43 bits per heavy atom. The lowest BCUT2D eigenvalue weighted by atomic mass is 10.2. The number of aryl methyl sites for hydroxylation is 1. The Morgan fingerprint density at radius 1 is 1.25 bits per heavy atom. The van der Waals surface area contributed by atoms with Crippen molar-refractivity contribution >= 4 is 33.4 Å². The molecule has 0 saturated carbocycles. The summed E-state index contributed by atoms with van der Waals surface area (Å²) in [7, 11) is 1.31. The van der Waals surface area contributed by atoms with Gasteiger partial charge in [0.2, 0.25) is 0 Å². The number of benzene rings is 1. The molecule has 1 aliphatic rings. The van der Waals surface area contributed by atoms with E-state index >= 15 is 0 Å². The van der Waals surface area contributed by atoms with E-state index in [2.05, 4.69) is 21.0 Å². The van der Waals surface area contributed by atoms with Crippen molar-refractivity contribution in [3.8, 4) is 0 Å². The molecule has 1 fully saturated rings. The summed E-state index contributed by atoms with van der Waals surface area (Å²) in [5, 5.41) is 3.76. The van der Waals surface area contributed by atoms with Gasteiger partial charge in [0.15, 0.2) is 5.69 Å². The summed E-state index contributed by atoms with van der Waals surface area (Å²) in [6.07, 6.45) is -4.65. The van der Waals surface area contributed by atoms with E-state index in [0.717, 1.165) is 10.2 Å². The largest absolute Gasteiger partial charge is 0.436 e. The monoisotopic (exact) mass is 482 g/mol. The molecule has 2 aromatic rings. The molecule has 0 spiro atoms. The molecule has 3 rings (SSSR count). The summed E-state index contributed by atoms with van der Waals surface area (Å²) in [5.74, 6) is -0.930. The summed E-state index contributed by atoms with van der Waals surface area (Å²) in [5.41, 5.74) is -0.489. The van der Waals surface area contributed by atoms with Crippen LogP contribution in [0.15, 0.2) is 22.7 Å². The minimum Gasteiger partial charge on any atom is -0.335 e. The number of hydrogen-bond acceptors (Lipinski definition) is 3. The topological polar surface area (TPSA) is 41.4 Å². The molecule has 0 atom stereocenters. The molecule has 28 heavy (non-hydrogen) atoms. The third-order valence-electron chi connectivity index (χ3n) is 4.53. The van der Waals surface area contributed by atoms with E-state index in [1.165, 1.54) is 24.1 Å². The fourth-order valence-corrected chi connectivity index (χ4v) is 4.02. The van der Waals surface area contributed by atoms with Crippen molar-refractivity contribution in [2.24, 2.45) is 7.05 Å². The van der Waals surface area contributed by atoms with Gasteiger partial charge in [0, 0.05) is 44.8 Å². The average Bonchev–Trinajstić information content (AvgIpc) is 2.92. The first-order valence-corrected chi connectivity index (χ1v) is 9.50. The van der Waals surface area contributed by atoms with Gasteiger partial charge in [-0.3, -0.25) is 14.4 Å². The zero-order valence-electron chi connectivity index (χ0n) is 14.7. The van der Waals surface area contributed by atoms with Crippen LogP contribution in [0.5, 0.6) is 0 Å². The van der Waals surface area contributed by atoms with Crippen LogP contribution in [-0.4, -0.2) is 51.7 Å². The maximum atomic E-state index is 13.1. The molecule has 0 aliphatic carbocycles. The quantitative estimate of drug-likeness (QED) is 0.621. The van der Waals surface area contributed by atoms with Gasteiger partial charge in [-0.05, 0) is 33.6 Å². The number of nitrogens with zero attached hydrogens (tertiary/aromatic N) is 4. The van der Waals surface area contributed by atoms with Crippen molar-refractivity contribution in [1.82, 2.24) is 19.6 Å². The first kappa shape index (κ1) is 21.1. The Morgan fingerprint density at radius 2 is 1.89 bits per heavy atom. The standard InChI is InChI=1S/C17H16BrClF4N4O/c1-25-14(13(18)15(24-25)17(21,22)23)16(28)27-6-4-26(5-7-27)9-10-2-3-11(20)8-12(10)19/h2-3,8H,4-7,9H2,1H3. The molecule has 1 saturated heterocycles. The number of alkyl halides is 3. The first-order chi connectivity index (χ1) is 13.1. The van der Waals surface area contributed by atoms with Crippen LogP contribution in [0.25, 0.3) is 0 Å². The van der Waals surface area contributed by atoms with Crippen LogP contribution in [0.2, 0.25) is 5.02 Å². The van der Waals surface area contributed by atoms with Gasteiger partial charge in [-0.2, -0.15) is 18.3 Å². The summed E-state index contributed by atoms with van der Waals surface area (Å²) < 4.78 is 52.7. The molecule has 5 nitrogen and oxygen atoms in total. The van der Waals surface area contributed by atoms with Gasteiger partial charge < -0.3 is 4.90 Å². The Bertz CT molecular complexity index is 894. The minimum atomic E-state index is -4.65. The Balaban J connectivity index is 1.67. The van der Waals surface area contributed by atoms with Gasteiger partial charge in [-0.15, -0.1) is 0 Å². The van der Waals surface area contributed by atoms with E-state index in [1.54, 1.807) is 6.07 Å². The van der Waals surface area contributed by atoms with Crippen LogP contribution >= 0.6 is 27.5 Å². The third kappa shape index (κ3) is 4.33. The molecule has 0 radical (unpaired) electrons. The molecule has 2 heterocycles. The fraction of sp³-hybridized carbons (Fsp3) is 0.412. The van der Waals surface area contributed by atoms with Crippen molar-refractivity contribution in [3.05, 3.63) is 50.5 Å². The Hall–Kier alpha value is -1.65. The number of halogens is 6. The number of piperazine rings is 1. The average molecular weight is 484 g/mol. The molecule has 1 amide bonds. The third-order valence-corrected chi connectivity index (χ3v) is 5.63. The number of hydrogen-bond donors (Lipinski definition) is 0. The normalized spacial score (nSPS) is 15.9. The van der Waals surface area contributed by atoms with Crippen LogP contribution in [-0.2, 0) is 19.8 Å². The molecule has 0 N–H and O–H groups in total. The maximum Gasteiger partial charge on any atom is 0.436 e. The highest BCUT2D eigenvalue weighted by Crippen LogP contribution is 2.36. The summed E-state index contributed by atoms with van der Waals surface area (Å²) in [6.45, 7) is 2.21. The smallest absolute Gasteiger partial charge is 0.335 e. The highest BCUT2D eigenvalue weighted by Gasteiger charge is 2.40. The molecule has 0 unspecified atom stereocenters. The van der Waals surface area contributed by atoms with Gasteiger partial charge in [0.05, 0.1) is 4.47 Å². The Labute approximate surface area is 172 Å². The molecule has 152 valence electrons. The van der Waals surface area contributed by atoms with Crippen molar-refractivity contribution in [2.45, 2.75) is 12.7 Å². The Kier molecular flexibility index (Phi) is 6.02. The highest BCUT2D eigenvalue weighted by molar-refractivity contribution is 9.10.